The number of fused-ring (bicyclic) bond motifs is 1. The number of aromatic amines is 2. The number of hydrogen-bond donors (Lipinski definition) is 3. The van der Waals surface area contributed by atoms with E-state index < -0.39 is 0 Å². The summed E-state index contributed by atoms with van der Waals surface area (Å²) in [6, 6.07) is 17.7. The van der Waals surface area contributed by atoms with Gasteiger partial charge in [0, 0.05) is 16.5 Å². The first-order valence-corrected chi connectivity index (χ1v) is 7.81. The van der Waals surface area contributed by atoms with Crippen molar-refractivity contribution in [1.82, 2.24) is 20.4 Å². The highest BCUT2D eigenvalue weighted by molar-refractivity contribution is 6.09. The molecule has 0 saturated heterocycles. The second-order valence-electron chi connectivity index (χ2n) is 5.49. The number of H-pyrrole nitrogens is 2. The largest absolute Gasteiger partial charge is 0.350 e. The van der Waals surface area contributed by atoms with E-state index in [-0.39, 0.29) is 5.91 Å². The van der Waals surface area contributed by atoms with Gasteiger partial charge in [0.05, 0.1) is 24.4 Å². The third-order valence-electron chi connectivity index (χ3n) is 3.88. The van der Waals surface area contributed by atoms with Gasteiger partial charge < -0.3 is 9.97 Å². The molecule has 4 aromatic rings. The molecule has 6 nitrogen and oxygen atoms in total. The number of carbonyl (C=O) groups is 1. The maximum absolute atomic E-state index is 12.7. The molecule has 0 radical (unpaired) electrons. The topological polar surface area (TPSA) is 85.9 Å². The first-order valence-electron chi connectivity index (χ1n) is 7.81. The number of nitrogens with zero attached hydrogens (tertiary/aromatic N) is 2. The van der Waals surface area contributed by atoms with Crippen LogP contribution in [0.3, 0.4) is 0 Å². The van der Waals surface area contributed by atoms with Gasteiger partial charge in [-0.25, -0.2) is 10.4 Å². The monoisotopic (exact) mass is 329 g/mol. The molecule has 25 heavy (non-hydrogen) atoms. The van der Waals surface area contributed by atoms with Crippen molar-refractivity contribution in [1.29, 1.82) is 0 Å². The summed E-state index contributed by atoms with van der Waals surface area (Å²) in [6.07, 6.45) is 4.68. The Kier molecular flexibility index (Phi) is 3.84. The van der Waals surface area contributed by atoms with Crippen LogP contribution in [0.25, 0.3) is 22.0 Å². The lowest BCUT2D eigenvalue weighted by Crippen LogP contribution is -2.18. The van der Waals surface area contributed by atoms with Crippen LogP contribution in [0.1, 0.15) is 16.2 Å². The molecule has 122 valence electrons. The molecule has 2 heterocycles. The second kappa shape index (κ2) is 6.45. The van der Waals surface area contributed by atoms with E-state index in [1.807, 2.05) is 54.6 Å². The van der Waals surface area contributed by atoms with Gasteiger partial charge in [-0.2, -0.15) is 5.10 Å². The molecule has 0 fully saturated rings. The molecule has 1 amide bonds. The van der Waals surface area contributed by atoms with Crippen LogP contribution in [0.2, 0.25) is 0 Å². The van der Waals surface area contributed by atoms with Gasteiger partial charge in [0.25, 0.3) is 5.91 Å². The van der Waals surface area contributed by atoms with E-state index in [4.69, 9.17) is 0 Å². The predicted molar refractivity (Wildman–Crippen MR) is 97.4 cm³/mol. The summed E-state index contributed by atoms with van der Waals surface area (Å²) in [4.78, 5) is 22.6. The fraction of sp³-hybridized carbons (Fsp3) is 0. The van der Waals surface area contributed by atoms with E-state index >= 15 is 0 Å². The number of para-hydroxylation sites is 1. The standard InChI is InChI=1S/C19H15N5O/c25-19(24-22-11-14-10-20-12-21-14)18-17(13-6-2-1-3-7-13)15-8-4-5-9-16(15)23-18/h1-12,23H,(H,20,21)(H,24,25)/b22-11-. The summed E-state index contributed by atoms with van der Waals surface area (Å²) in [5.41, 5.74) is 6.50. The number of rotatable bonds is 4. The summed E-state index contributed by atoms with van der Waals surface area (Å²) >= 11 is 0. The Morgan fingerprint density at radius 2 is 1.88 bits per heavy atom. The van der Waals surface area contributed by atoms with Crippen molar-refractivity contribution < 1.29 is 4.79 Å². The Bertz CT molecular complexity index is 1030. The quantitative estimate of drug-likeness (QED) is 0.396. The minimum absolute atomic E-state index is 0.300. The van der Waals surface area contributed by atoms with Crippen LogP contribution in [0, 0.1) is 0 Å². The van der Waals surface area contributed by atoms with E-state index in [2.05, 4.69) is 25.5 Å². The summed E-state index contributed by atoms with van der Waals surface area (Å²) in [5.74, 6) is -0.300. The van der Waals surface area contributed by atoms with Crippen LogP contribution < -0.4 is 5.43 Å². The van der Waals surface area contributed by atoms with Gasteiger partial charge in [-0.3, -0.25) is 4.79 Å². The predicted octanol–water partition coefficient (Wildman–Crippen LogP) is 3.32. The molecule has 4 rings (SSSR count). The molecular weight excluding hydrogens is 314 g/mol. The lowest BCUT2D eigenvalue weighted by atomic mass is 10.0. The molecule has 2 aromatic carbocycles. The number of nitrogens with one attached hydrogen (secondary N) is 3. The highest BCUT2D eigenvalue weighted by Crippen LogP contribution is 2.32. The van der Waals surface area contributed by atoms with Crippen molar-refractivity contribution in [3.63, 3.8) is 0 Å². The number of imidazole rings is 1. The highest BCUT2D eigenvalue weighted by atomic mass is 16.2. The van der Waals surface area contributed by atoms with Crippen LogP contribution in [-0.4, -0.2) is 27.1 Å². The van der Waals surface area contributed by atoms with Crippen molar-refractivity contribution in [2.45, 2.75) is 0 Å². The Morgan fingerprint density at radius 3 is 2.68 bits per heavy atom. The highest BCUT2D eigenvalue weighted by Gasteiger charge is 2.18. The second-order valence-corrected chi connectivity index (χ2v) is 5.49. The number of hydrogen-bond acceptors (Lipinski definition) is 3. The lowest BCUT2D eigenvalue weighted by Gasteiger charge is -2.04. The van der Waals surface area contributed by atoms with E-state index in [0.29, 0.717) is 11.4 Å². The molecule has 0 atom stereocenters. The van der Waals surface area contributed by atoms with E-state index in [9.17, 15) is 4.79 Å². The van der Waals surface area contributed by atoms with Gasteiger partial charge in [-0.05, 0) is 11.6 Å². The minimum Gasteiger partial charge on any atom is -0.350 e. The van der Waals surface area contributed by atoms with Crippen molar-refractivity contribution in [2.75, 3.05) is 0 Å². The van der Waals surface area contributed by atoms with E-state index in [1.165, 1.54) is 6.21 Å². The first-order chi connectivity index (χ1) is 12.3. The maximum Gasteiger partial charge on any atom is 0.288 e. The molecule has 2 aromatic heterocycles. The van der Waals surface area contributed by atoms with Crippen molar-refractivity contribution >= 4 is 23.0 Å². The van der Waals surface area contributed by atoms with Gasteiger partial charge in [-0.1, -0.05) is 48.5 Å². The average Bonchev–Trinajstić information content (AvgIpc) is 3.30. The molecule has 3 N–H and O–H groups in total. The number of carbonyl (C=O) groups excluding carboxylic acids is 1. The van der Waals surface area contributed by atoms with Gasteiger partial charge in [0.2, 0.25) is 0 Å². The molecule has 0 unspecified atom stereocenters. The van der Waals surface area contributed by atoms with Crippen LogP contribution >= 0.6 is 0 Å². The average molecular weight is 329 g/mol. The normalized spacial score (nSPS) is 11.2. The van der Waals surface area contributed by atoms with Crippen LogP contribution in [0.4, 0.5) is 0 Å². The molecular formula is C19H15N5O. The Hall–Kier alpha value is -3.67. The summed E-state index contributed by atoms with van der Waals surface area (Å²) in [7, 11) is 0. The zero-order valence-corrected chi connectivity index (χ0v) is 13.2. The molecule has 0 bridgehead atoms. The van der Waals surface area contributed by atoms with E-state index in [0.717, 1.165) is 22.0 Å². The van der Waals surface area contributed by atoms with Crippen molar-refractivity contribution in [3.05, 3.63) is 78.5 Å². The fourth-order valence-electron chi connectivity index (χ4n) is 2.77. The smallest absolute Gasteiger partial charge is 0.288 e. The number of aromatic nitrogens is 3. The lowest BCUT2D eigenvalue weighted by molar-refractivity contribution is 0.0951. The minimum atomic E-state index is -0.300. The van der Waals surface area contributed by atoms with Crippen molar-refractivity contribution in [2.24, 2.45) is 5.10 Å². The summed E-state index contributed by atoms with van der Waals surface area (Å²) in [5, 5.41) is 4.98. The Morgan fingerprint density at radius 1 is 1.08 bits per heavy atom. The number of hydrazone groups is 1. The van der Waals surface area contributed by atoms with Crippen LogP contribution in [0.5, 0.6) is 0 Å². The number of benzene rings is 2. The van der Waals surface area contributed by atoms with Crippen molar-refractivity contribution in [3.8, 4) is 11.1 Å². The first kappa shape index (κ1) is 14.9. The Balaban J connectivity index is 1.72. The van der Waals surface area contributed by atoms with Gasteiger partial charge in [0.15, 0.2) is 0 Å². The van der Waals surface area contributed by atoms with Gasteiger partial charge in [-0.15, -0.1) is 0 Å². The third-order valence-corrected chi connectivity index (χ3v) is 3.88. The molecule has 0 aliphatic heterocycles. The van der Waals surface area contributed by atoms with E-state index in [1.54, 1.807) is 12.5 Å². The fourth-order valence-corrected chi connectivity index (χ4v) is 2.77. The van der Waals surface area contributed by atoms with Gasteiger partial charge >= 0.3 is 0 Å². The molecule has 0 saturated carbocycles. The SMILES string of the molecule is O=C(N/N=C\c1cnc[nH]1)c1[nH]c2ccccc2c1-c1ccccc1. The molecule has 6 heteroatoms. The summed E-state index contributed by atoms with van der Waals surface area (Å²) < 4.78 is 0. The van der Waals surface area contributed by atoms with Crippen LogP contribution in [0.15, 0.2) is 72.2 Å². The number of amides is 1. The third kappa shape index (κ3) is 2.92. The molecule has 0 aliphatic carbocycles. The van der Waals surface area contributed by atoms with Crippen LogP contribution in [-0.2, 0) is 0 Å². The zero-order valence-electron chi connectivity index (χ0n) is 13.2. The molecule has 0 aliphatic rings. The maximum atomic E-state index is 12.7. The van der Waals surface area contributed by atoms with Gasteiger partial charge in [0.1, 0.15) is 5.69 Å². The Labute approximate surface area is 143 Å². The molecule has 0 spiro atoms. The summed E-state index contributed by atoms with van der Waals surface area (Å²) in [6.45, 7) is 0. The zero-order chi connectivity index (χ0) is 17.1.